The van der Waals surface area contributed by atoms with Crippen molar-refractivity contribution in [3.05, 3.63) is 34.9 Å². The van der Waals surface area contributed by atoms with Crippen LogP contribution in [0.25, 0.3) is 0 Å². The Bertz CT molecular complexity index is 549. The van der Waals surface area contributed by atoms with Crippen molar-refractivity contribution < 1.29 is 18.7 Å². The molecule has 2 rings (SSSR count). The number of carbonyl (C=O) groups excluding carboxylic acids is 1. The van der Waals surface area contributed by atoms with E-state index in [1.807, 2.05) is 19.0 Å². The van der Waals surface area contributed by atoms with Gasteiger partial charge >= 0.3 is 0 Å². The molecule has 1 aromatic rings. The quantitative estimate of drug-likeness (QED) is 0.917. The predicted octanol–water partition coefficient (Wildman–Crippen LogP) is 1.41. The molecule has 116 valence electrons. The van der Waals surface area contributed by atoms with Crippen LogP contribution in [0.15, 0.2) is 12.1 Å². The molecule has 1 aliphatic rings. The van der Waals surface area contributed by atoms with Crippen molar-refractivity contribution in [2.24, 2.45) is 0 Å². The number of aliphatic hydroxyl groups is 1. The molecule has 1 N–H and O–H groups in total. The second-order valence-corrected chi connectivity index (χ2v) is 5.84. The first-order valence-electron chi connectivity index (χ1n) is 6.89. The maximum absolute atomic E-state index is 13.9. The Morgan fingerprint density at radius 1 is 1.38 bits per heavy atom. The highest BCUT2D eigenvalue weighted by atomic mass is 19.1. The molecule has 1 heterocycles. The van der Waals surface area contributed by atoms with Crippen LogP contribution < -0.4 is 0 Å². The molecule has 21 heavy (non-hydrogen) atoms. The molecular formula is C15H20F2N2O2. The number of amides is 1. The summed E-state index contributed by atoms with van der Waals surface area (Å²) < 4.78 is 27.2. The van der Waals surface area contributed by atoms with Gasteiger partial charge in [-0.2, -0.15) is 0 Å². The number of nitrogens with zero attached hydrogens (tertiary/aromatic N) is 2. The van der Waals surface area contributed by atoms with Crippen molar-refractivity contribution in [3.8, 4) is 0 Å². The van der Waals surface area contributed by atoms with E-state index in [1.54, 1.807) is 0 Å². The van der Waals surface area contributed by atoms with E-state index >= 15 is 0 Å². The van der Waals surface area contributed by atoms with Crippen LogP contribution in [0.3, 0.4) is 0 Å². The molecule has 0 aromatic heterocycles. The number of benzene rings is 1. The van der Waals surface area contributed by atoms with E-state index in [4.69, 9.17) is 0 Å². The smallest absolute Gasteiger partial charge is 0.257 e. The normalized spacial score (nSPS) is 22.1. The number of carbonyl (C=O) groups is 1. The molecule has 1 aliphatic heterocycles. The van der Waals surface area contributed by atoms with Crippen molar-refractivity contribution in [2.75, 3.05) is 27.2 Å². The van der Waals surface area contributed by atoms with Crippen molar-refractivity contribution in [1.29, 1.82) is 0 Å². The lowest BCUT2D eigenvalue weighted by atomic mass is 10.1. The van der Waals surface area contributed by atoms with Crippen LogP contribution in [-0.4, -0.2) is 60.1 Å². The third-order valence-electron chi connectivity index (χ3n) is 3.71. The molecule has 6 heteroatoms. The van der Waals surface area contributed by atoms with Crippen LogP contribution in [0.4, 0.5) is 8.78 Å². The SMILES string of the molecule is Cc1cc(C(=O)N2CC(O)CC2CN(C)C)c(F)cc1F. The van der Waals surface area contributed by atoms with Crippen LogP contribution in [0.2, 0.25) is 0 Å². The highest BCUT2D eigenvalue weighted by Crippen LogP contribution is 2.23. The van der Waals surface area contributed by atoms with Gasteiger partial charge in [0.1, 0.15) is 11.6 Å². The van der Waals surface area contributed by atoms with E-state index in [1.165, 1.54) is 17.9 Å². The van der Waals surface area contributed by atoms with Gasteiger partial charge in [-0.1, -0.05) is 0 Å². The van der Waals surface area contributed by atoms with Gasteiger partial charge in [0.05, 0.1) is 11.7 Å². The molecule has 2 unspecified atom stereocenters. The van der Waals surface area contributed by atoms with E-state index in [2.05, 4.69) is 0 Å². The van der Waals surface area contributed by atoms with Gasteiger partial charge < -0.3 is 14.9 Å². The third kappa shape index (κ3) is 3.39. The number of hydrogen-bond acceptors (Lipinski definition) is 3. The highest BCUT2D eigenvalue weighted by molar-refractivity contribution is 5.95. The van der Waals surface area contributed by atoms with Gasteiger partial charge in [0.15, 0.2) is 0 Å². The standard InChI is InChI=1S/C15H20F2N2O2/c1-9-4-12(14(17)6-13(9)16)15(21)19-8-11(20)5-10(19)7-18(2)3/h4,6,10-11,20H,5,7-8H2,1-3H3. The molecular weight excluding hydrogens is 278 g/mol. The number of rotatable bonds is 3. The lowest BCUT2D eigenvalue weighted by molar-refractivity contribution is 0.0694. The summed E-state index contributed by atoms with van der Waals surface area (Å²) in [4.78, 5) is 15.9. The summed E-state index contributed by atoms with van der Waals surface area (Å²) in [6, 6.07) is 1.78. The van der Waals surface area contributed by atoms with E-state index < -0.39 is 23.6 Å². The average Bonchev–Trinajstić information content (AvgIpc) is 2.73. The zero-order valence-electron chi connectivity index (χ0n) is 12.4. The fraction of sp³-hybridized carbons (Fsp3) is 0.533. The molecule has 0 radical (unpaired) electrons. The first kappa shape index (κ1) is 15.9. The Balaban J connectivity index is 2.28. The van der Waals surface area contributed by atoms with Crippen molar-refractivity contribution >= 4 is 5.91 Å². The monoisotopic (exact) mass is 298 g/mol. The molecule has 0 saturated carbocycles. The second kappa shape index (κ2) is 6.07. The number of β-amino-alcohol motifs (C(OH)–C–C–N with tert-alkyl or cyclic N) is 1. The molecule has 1 aromatic carbocycles. The first-order valence-corrected chi connectivity index (χ1v) is 6.89. The van der Waals surface area contributed by atoms with Crippen molar-refractivity contribution in [3.63, 3.8) is 0 Å². The molecule has 0 spiro atoms. The predicted molar refractivity (Wildman–Crippen MR) is 75.1 cm³/mol. The molecule has 2 atom stereocenters. The van der Waals surface area contributed by atoms with E-state index in [0.29, 0.717) is 13.0 Å². The van der Waals surface area contributed by atoms with Gasteiger partial charge in [0.2, 0.25) is 0 Å². The average molecular weight is 298 g/mol. The summed E-state index contributed by atoms with van der Waals surface area (Å²) in [5, 5.41) is 9.78. The van der Waals surface area contributed by atoms with Crippen molar-refractivity contribution in [2.45, 2.75) is 25.5 Å². The molecule has 0 bridgehead atoms. The van der Waals surface area contributed by atoms with Gasteiger partial charge in [0, 0.05) is 25.2 Å². The number of likely N-dealkylation sites (tertiary alicyclic amines) is 1. The van der Waals surface area contributed by atoms with E-state index in [-0.39, 0.29) is 23.7 Å². The number of halogens is 2. The summed E-state index contributed by atoms with van der Waals surface area (Å²) in [7, 11) is 3.74. The zero-order valence-corrected chi connectivity index (χ0v) is 12.4. The number of aliphatic hydroxyl groups excluding tert-OH is 1. The Labute approximate surface area is 123 Å². The van der Waals surface area contributed by atoms with Gasteiger partial charge in [-0.05, 0) is 39.1 Å². The summed E-state index contributed by atoms with van der Waals surface area (Å²) in [6.45, 7) is 2.25. The summed E-state index contributed by atoms with van der Waals surface area (Å²) in [5.41, 5.74) is 0.0791. The van der Waals surface area contributed by atoms with E-state index in [9.17, 15) is 18.7 Å². The minimum Gasteiger partial charge on any atom is -0.391 e. The van der Waals surface area contributed by atoms with Gasteiger partial charge in [-0.25, -0.2) is 8.78 Å². The van der Waals surface area contributed by atoms with Crippen LogP contribution in [0, 0.1) is 18.6 Å². The molecule has 4 nitrogen and oxygen atoms in total. The topological polar surface area (TPSA) is 43.8 Å². The number of hydrogen-bond donors (Lipinski definition) is 1. The highest BCUT2D eigenvalue weighted by Gasteiger charge is 2.35. The fourth-order valence-electron chi connectivity index (χ4n) is 2.71. The van der Waals surface area contributed by atoms with E-state index in [0.717, 1.165) is 6.07 Å². The van der Waals surface area contributed by atoms with Gasteiger partial charge in [-0.15, -0.1) is 0 Å². The lowest BCUT2D eigenvalue weighted by Gasteiger charge is -2.27. The van der Waals surface area contributed by atoms with Gasteiger partial charge in [0.25, 0.3) is 5.91 Å². The van der Waals surface area contributed by atoms with Crippen LogP contribution >= 0.6 is 0 Å². The Kier molecular flexibility index (Phi) is 4.58. The Morgan fingerprint density at radius 3 is 2.67 bits per heavy atom. The third-order valence-corrected chi connectivity index (χ3v) is 3.71. The minimum atomic E-state index is -0.868. The van der Waals surface area contributed by atoms with Crippen molar-refractivity contribution in [1.82, 2.24) is 9.80 Å². The maximum atomic E-state index is 13.9. The Morgan fingerprint density at radius 2 is 2.05 bits per heavy atom. The maximum Gasteiger partial charge on any atom is 0.257 e. The van der Waals surface area contributed by atoms with Gasteiger partial charge in [-0.3, -0.25) is 4.79 Å². The summed E-state index contributed by atoms with van der Waals surface area (Å²) in [5.74, 6) is -2.04. The van der Waals surface area contributed by atoms with Crippen LogP contribution in [0.1, 0.15) is 22.3 Å². The second-order valence-electron chi connectivity index (χ2n) is 5.84. The molecule has 0 aliphatic carbocycles. The van der Waals surface area contributed by atoms with Crippen LogP contribution in [0.5, 0.6) is 0 Å². The minimum absolute atomic E-state index is 0.147. The first-order chi connectivity index (χ1) is 9.79. The molecule has 1 amide bonds. The zero-order chi connectivity index (χ0) is 15.7. The Hall–Kier alpha value is -1.53. The molecule has 1 fully saturated rings. The largest absolute Gasteiger partial charge is 0.391 e. The summed E-state index contributed by atoms with van der Waals surface area (Å²) >= 11 is 0. The molecule has 1 saturated heterocycles. The number of likely N-dealkylation sites (N-methyl/N-ethyl adjacent to an activating group) is 1. The lowest BCUT2D eigenvalue weighted by Crippen LogP contribution is -2.41. The number of aryl methyl sites for hydroxylation is 1. The summed E-state index contributed by atoms with van der Waals surface area (Å²) in [6.07, 6.45) is -0.144. The fourth-order valence-corrected chi connectivity index (χ4v) is 2.71. The van der Waals surface area contributed by atoms with Crippen LogP contribution in [-0.2, 0) is 0 Å².